The summed E-state index contributed by atoms with van der Waals surface area (Å²) in [4.78, 5) is 0. The van der Waals surface area contributed by atoms with Crippen molar-refractivity contribution in [2.45, 2.75) is 38.1 Å². The monoisotopic (exact) mass is 301 g/mol. The van der Waals surface area contributed by atoms with Gasteiger partial charge in [-0.05, 0) is 31.9 Å². The van der Waals surface area contributed by atoms with Gasteiger partial charge in [0.05, 0.1) is 6.10 Å². The molecule has 3 heterocycles. The van der Waals surface area contributed by atoms with Crippen LogP contribution in [0.2, 0.25) is 0 Å². The molecule has 0 saturated carbocycles. The van der Waals surface area contributed by atoms with Crippen LogP contribution < -0.4 is 5.32 Å². The third kappa shape index (κ3) is 2.92. The minimum atomic E-state index is -4.59. The van der Waals surface area contributed by atoms with Crippen molar-refractivity contribution in [2.24, 2.45) is 0 Å². The number of aromatic nitrogens is 4. The van der Waals surface area contributed by atoms with Crippen LogP contribution in [0.15, 0.2) is 12.1 Å². The lowest BCUT2D eigenvalue weighted by molar-refractivity contribution is -0.146. The highest BCUT2D eigenvalue weighted by atomic mass is 19.4. The van der Waals surface area contributed by atoms with Crippen molar-refractivity contribution in [1.82, 2.24) is 19.8 Å². The number of fused-ring (bicyclic) bond motifs is 1. The van der Waals surface area contributed by atoms with E-state index in [9.17, 15) is 13.2 Å². The van der Waals surface area contributed by atoms with Gasteiger partial charge in [-0.25, -0.2) is 0 Å². The maximum atomic E-state index is 12.8. The average Bonchev–Trinajstić information content (AvgIpc) is 2.81. The molecular weight excluding hydrogens is 287 g/mol. The number of hydrogen-bond donors (Lipinski definition) is 1. The van der Waals surface area contributed by atoms with E-state index in [2.05, 4.69) is 20.6 Å². The van der Waals surface area contributed by atoms with Crippen LogP contribution in [0.1, 0.15) is 25.6 Å². The van der Waals surface area contributed by atoms with Gasteiger partial charge in [-0.2, -0.15) is 17.7 Å². The number of hydrogen-bond acceptors (Lipinski definition) is 5. The van der Waals surface area contributed by atoms with Crippen molar-refractivity contribution in [3.8, 4) is 0 Å². The molecule has 0 radical (unpaired) electrons. The Morgan fingerprint density at radius 2 is 2.14 bits per heavy atom. The first-order chi connectivity index (χ1) is 9.93. The van der Waals surface area contributed by atoms with E-state index in [-0.39, 0.29) is 17.8 Å². The van der Waals surface area contributed by atoms with Gasteiger partial charge in [0.1, 0.15) is 5.82 Å². The Bertz CT molecular complexity index is 641. The van der Waals surface area contributed by atoms with Crippen LogP contribution in [0.4, 0.5) is 19.0 Å². The van der Waals surface area contributed by atoms with Crippen LogP contribution in [0, 0.1) is 0 Å². The van der Waals surface area contributed by atoms with E-state index < -0.39 is 12.0 Å². The molecule has 0 aromatic carbocycles. The van der Waals surface area contributed by atoms with Gasteiger partial charge >= 0.3 is 6.18 Å². The summed E-state index contributed by atoms with van der Waals surface area (Å²) >= 11 is 0. The van der Waals surface area contributed by atoms with E-state index in [0.717, 1.165) is 12.8 Å². The standard InChI is InChI=1S/C12H14F3N5O/c1-7-6-8(4-5-21-7)16-9-2-3-10-17-18-11(12(13,14)15)20(10)19-9/h2-3,7-8H,4-6H2,1H3,(H,16,19)/t7-,8-/m0/s1. The van der Waals surface area contributed by atoms with Crippen LogP contribution in [0.25, 0.3) is 5.65 Å². The molecule has 1 saturated heterocycles. The van der Waals surface area contributed by atoms with Crippen molar-refractivity contribution in [2.75, 3.05) is 11.9 Å². The van der Waals surface area contributed by atoms with Crippen LogP contribution >= 0.6 is 0 Å². The Balaban J connectivity index is 1.86. The molecule has 1 N–H and O–H groups in total. The second-order valence-corrected chi connectivity index (χ2v) is 5.06. The highest BCUT2D eigenvalue weighted by molar-refractivity contribution is 5.44. The molecule has 0 spiro atoms. The quantitative estimate of drug-likeness (QED) is 0.920. The first-order valence-electron chi connectivity index (χ1n) is 6.61. The molecule has 6 nitrogen and oxygen atoms in total. The average molecular weight is 301 g/mol. The number of anilines is 1. The summed E-state index contributed by atoms with van der Waals surface area (Å²) < 4.78 is 44.5. The smallest absolute Gasteiger partial charge is 0.378 e. The van der Waals surface area contributed by atoms with Crippen LogP contribution in [0.5, 0.6) is 0 Å². The van der Waals surface area contributed by atoms with Gasteiger partial charge in [0.2, 0.25) is 0 Å². The van der Waals surface area contributed by atoms with E-state index in [4.69, 9.17) is 4.74 Å². The fourth-order valence-corrected chi connectivity index (χ4v) is 2.38. The Morgan fingerprint density at radius 3 is 2.86 bits per heavy atom. The van der Waals surface area contributed by atoms with Crippen molar-refractivity contribution in [1.29, 1.82) is 0 Å². The first-order valence-corrected chi connectivity index (χ1v) is 6.61. The third-order valence-electron chi connectivity index (χ3n) is 3.35. The second kappa shape index (κ2) is 5.14. The first kappa shape index (κ1) is 14.1. The van der Waals surface area contributed by atoms with Gasteiger partial charge in [-0.3, -0.25) is 0 Å². The zero-order chi connectivity index (χ0) is 15.0. The number of halogens is 3. The predicted molar refractivity (Wildman–Crippen MR) is 67.8 cm³/mol. The Morgan fingerprint density at radius 1 is 1.33 bits per heavy atom. The lowest BCUT2D eigenvalue weighted by Crippen LogP contribution is -2.32. The van der Waals surface area contributed by atoms with Gasteiger partial charge in [0.25, 0.3) is 5.82 Å². The van der Waals surface area contributed by atoms with Crippen molar-refractivity contribution in [3.63, 3.8) is 0 Å². The summed E-state index contributed by atoms with van der Waals surface area (Å²) in [6.45, 7) is 2.59. The van der Waals surface area contributed by atoms with Crippen molar-refractivity contribution < 1.29 is 17.9 Å². The molecule has 0 amide bonds. The molecule has 2 aromatic heterocycles. The minimum absolute atomic E-state index is 0.0632. The van der Waals surface area contributed by atoms with E-state index >= 15 is 0 Å². The van der Waals surface area contributed by atoms with E-state index in [1.807, 2.05) is 6.92 Å². The Kier molecular flexibility index (Phi) is 3.44. The fourth-order valence-electron chi connectivity index (χ4n) is 2.38. The normalized spacial score (nSPS) is 23.4. The van der Waals surface area contributed by atoms with Gasteiger partial charge < -0.3 is 10.1 Å². The molecule has 1 aliphatic heterocycles. The Hall–Kier alpha value is -1.90. The number of nitrogens with zero attached hydrogens (tertiary/aromatic N) is 4. The summed E-state index contributed by atoms with van der Waals surface area (Å²) in [6.07, 6.45) is -2.88. The van der Waals surface area contributed by atoms with E-state index in [0.29, 0.717) is 16.9 Å². The Labute approximate surface area is 118 Å². The summed E-state index contributed by atoms with van der Waals surface area (Å²) in [7, 11) is 0. The maximum absolute atomic E-state index is 12.8. The van der Waals surface area contributed by atoms with Crippen molar-refractivity contribution in [3.05, 3.63) is 18.0 Å². The minimum Gasteiger partial charge on any atom is -0.378 e. The summed E-state index contributed by atoms with van der Waals surface area (Å²) in [5, 5.41) is 13.7. The molecule has 9 heteroatoms. The summed E-state index contributed by atoms with van der Waals surface area (Å²) in [6, 6.07) is 3.19. The lowest BCUT2D eigenvalue weighted by atomic mass is 10.0. The summed E-state index contributed by atoms with van der Waals surface area (Å²) in [5.74, 6) is -0.756. The molecule has 0 aliphatic carbocycles. The van der Waals surface area contributed by atoms with Gasteiger partial charge in [-0.1, -0.05) is 0 Å². The van der Waals surface area contributed by atoms with Gasteiger partial charge in [0, 0.05) is 12.6 Å². The molecule has 2 atom stereocenters. The zero-order valence-electron chi connectivity index (χ0n) is 11.3. The number of nitrogens with one attached hydrogen (secondary N) is 1. The molecule has 3 rings (SSSR count). The van der Waals surface area contributed by atoms with E-state index in [1.165, 1.54) is 6.07 Å². The zero-order valence-corrected chi connectivity index (χ0v) is 11.3. The molecule has 1 fully saturated rings. The molecule has 114 valence electrons. The summed E-state index contributed by atoms with van der Waals surface area (Å²) in [5.41, 5.74) is 0.0632. The number of rotatable bonds is 2. The molecule has 21 heavy (non-hydrogen) atoms. The highest BCUT2D eigenvalue weighted by Crippen LogP contribution is 2.27. The van der Waals surface area contributed by atoms with Crippen LogP contribution in [-0.4, -0.2) is 38.6 Å². The fraction of sp³-hybridized carbons (Fsp3) is 0.583. The maximum Gasteiger partial charge on any atom is 0.453 e. The van der Waals surface area contributed by atoms with Gasteiger partial charge in [-0.15, -0.1) is 15.3 Å². The molecule has 1 aliphatic rings. The van der Waals surface area contributed by atoms with E-state index in [1.54, 1.807) is 6.07 Å². The SMILES string of the molecule is C[C@H]1C[C@@H](Nc2ccc3nnc(C(F)(F)F)n3n2)CCO1. The molecule has 0 unspecified atom stereocenters. The largest absolute Gasteiger partial charge is 0.453 e. The topological polar surface area (TPSA) is 64.3 Å². The van der Waals surface area contributed by atoms with Crippen LogP contribution in [-0.2, 0) is 10.9 Å². The van der Waals surface area contributed by atoms with Crippen LogP contribution in [0.3, 0.4) is 0 Å². The van der Waals surface area contributed by atoms with Gasteiger partial charge in [0.15, 0.2) is 5.65 Å². The van der Waals surface area contributed by atoms with Crippen molar-refractivity contribution >= 4 is 11.5 Å². The third-order valence-corrected chi connectivity index (χ3v) is 3.35. The lowest BCUT2D eigenvalue weighted by Gasteiger charge is -2.28. The second-order valence-electron chi connectivity index (χ2n) is 5.06. The molecule has 0 bridgehead atoms. The number of ether oxygens (including phenoxy) is 1. The predicted octanol–water partition coefficient (Wildman–Crippen LogP) is 2.12. The molecular formula is C12H14F3N5O. The highest BCUT2D eigenvalue weighted by Gasteiger charge is 2.37. The number of alkyl halides is 3. The molecule has 2 aromatic rings.